The Morgan fingerprint density at radius 3 is 2.92 bits per heavy atom. The second-order valence-corrected chi connectivity index (χ2v) is 8.06. The van der Waals surface area contributed by atoms with Gasteiger partial charge in [0.05, 0.1) is 11.4 Å². The molecule has 140 valence electrons. The van der Waals surface area contributed by atoms with Gasteiger partial charge in [0.1, 0.15) is 5.82 Å². The van der Waals surface area contributed by atoms with E-state index in [1.807, 2.05) is 6.92 Å². The molecule has 1 fully saturated rings. The van der Waals surface area contributed by atoms with Crippen molar-refractivity contribution in [2.45, 2.75) is 31.3 Å². The van der Waals surface area contributed by atoms with Crippen molar-refractivity contribution in [3.8, 4) is 0 Å². The first-order valence-electron chi connectivity index (χ1n) is 8.35. The number of nitrogens with zero attached hydrogens (tertiary/aromatic N) is 3. The van der Waals surface area contributed by atoms with Crippen LogP contribution in [0.4, 0.5) is 0 Å². The summed E-state index contributed by atoms with van der Waals surface area (Å²) in [6.45, 7) is 5.63. The van der Waals surface area contributed by atoms with E-state index in [4.69, 9.17) is 0 Å². The highest BCUT2D eigenvalue weighted by molar-refractivity contribution is 7.89. The molecule has 1 amide bonds. The van der Waals surface area contributed by atoms with Gasteiger partial charge >= 0.3 is 0 Å². The highest BCUT2D eigenvalue weighted by Gasteiger charge is 2.23. The minimum atomic E-state index is -3.77. The number of amides is 1. The molecule has 2 aromatic rings. The molecule has 9 nitrogen and oxygen atoms in total. The molecule has 10 heteroatoms. The van der Waals surface area contributed by atoms with E-state index in [1.54, 1.807) is 24.0 Å². The third-order valence-electron chi connectivity index (χ3n) is 4.11. The first-order chi connectivity index (χ1) is 12.3. The lowest BCUT2D eigenvalue weighted by atomic mass is 10.1. The number of sulfonamides is 1. The van der Waals surface area contributed by atoms with E-state index in [2.05, 4.69) is 25.2 Å². The number of carbonyl (C=O) groups excluding carboxylic acids is 1. The average molecular weight is 378 g/mol. The van der Waals surface area contributed by atoms with Gasteiger partial charge < -0.3 is 10.2 Å². The van der Waals surface area contributed by atoms with E-state index >= 15 is 0 Å². The molecule has 1 atom stereocenters. The summed E-state index contributed by atoms with van der Waals surface area (Å²) in [6.07, 6.45) is 0. The molecule has 3 N–H and O–H groups in total. The third kappa shape index (κ3) is 4.26. The number of aromatic nitrogens is 3. The molecular weight excluding hydrogens is 356 g/mol. The predicted octanol–water partition coefficient (Wildman–Crippen LogP) is 0.0255. The molecule has 1 aliphatic rings. The smallest absolute Gasteiger partial charge is 0.253 e. The molecular formula is C16H22N6O3S. The zero-order valence-corrected chi connectivity index (χ0v) is 15.5. The molecule has 1 aromatic carbocycles. The zero-order valence-electron chi connectivity index (χ0n) is 14.7. The molecule has 26 heavy (non-hydrogen) atoms. The molecule has 2 heterocycles. The second-order valence-electron chi connectivity index (χ2n) is 6.30. The Kier molecular flexibility index (Phi) is 5.35. The van der Waals surface area contributed by atoms with Gasteiger partial charge in [-0.3, -0.25) is 9.89 Å². The van der Waals surface area contributed by atoms with E-state index in [9.17, 15) is 13.2 Å². The summed E-state index contributed by atoms with van der Waals surface area (Å²) in [5, 5.41) is 9.83. The van der Waals surface area contributed by atoms with Gasteiger partial charge in [-0.05, 0) is 32.0 Å². The fourth-order valence-corrected chi connectivity index (χ4v) is 3.83. The highest BCUT2D eigenvalue weighted by Crippen LogP contribution is 2.15. The SMILES string of the molecule is Cc1nc(CNS(=O)(=O)c2cccc(C(=O)N3CCNC(C)C3)c2)n[nH]1. The lowest BCUT2D eigenvalue weighted by Crippen LogP contribution is -2.51. The van der Waals surface area contributed by atoms with Gasteiger partial charge in [0, 0.05) is 31.2 Å². The number of benzene rings is 1. The van der Waals surface area contributed by atoms with Crippen LogP contribution in [0.25, 0.3) is 0 Å². The standard InChI is InChI=1S/C16H22N6O3S/c1-11-10-22(7-6-17-11)16(23)13-4-3-5-14(8-13)26(24,25)18-9-15-19-12(2)20-21-15/h3-5,8,11,17-18H,6-7,9-10H2,1-2H3,(H,19,20,21). The molecule has 0 saturated carbocycles. The maximum atomic E-state index is 12.7. The van der Waals surface area contributed by atoms with Crippen molar-refractivity contribution in [1.82, 2.24) is 30.1 Å². The summed E-state index contributed by atoms with van der Waals surface area (Å²) in [5.41, 5.74) is 0.357. The number of piperazine rings is 1. The fraction of sp³-hybridized carbons (Fsp3) is 0.438. The molecule has 1 unspecified atom stereocenters. The van der Waals surface area contributed by atoms with Crippen molar-refractivity contribution in [2.24, 2.45) is 0 Å². The number of rotatable bonds is 5. The normalized spacial score (nSPS) is 18.1. The molecule has 0 aliphatic carbocycles. The van der Waals surface area contributed by atoms with E-state index in [0.29, 0.717) is 30.3 Å². The number of hydrogen-bond donors (Lipinski definition) is 3. The monoisotopic (exact) mass is 378 g/mol. The predicted molar refractivity (Wildman–Crippen MR) is 95.0 cm³/mol. The summed E-state index contributed by atoms with van der Waals surface area (Å²) in [7, 11) is -3.77. The van der Waals surface area contributed by atoms with Crippen LogP contribution in [0.5, 0.6) is 0 Å². The van der Waals surface area contributed by atoms with Gasteiger partial charge in [-0.25, -0.2) is 18.1 Å². The van der Waals surface area contributed by atoms with Gasteiger partial charge in [-0.2, -0.15) is 5.10 Å². The summed E-state index contributed by atoms with van der Waals surface area (Å²) in [5.74, 6) is 0.796. The van der Waals surface area contributed by atoms with Crippen LogP contribution in [-0.2, 0) is 16.6 Å². The lowest BCUT2D eigenvalue weighted by Gasteiger charge is -2.32. The quantitative estimate of drug-likeness (QED) is 0.675. The lowest BCUT2D eigenvalue weighted by molar-refractivity contribution is 0.0709. The van der Waals surface area contributed by atoms with Gasteiger partial charge in [-0.1, -0.05) is 6.07 Å². The number of carbonyl (C=O) groups is 1. The van der Waals surface area contributed by atoms with Gasteiger partial charge in [0.2, 0.25) is 10.0 Å². The Bertz CT molecular complexity index is 895. The van der Waals surface area contributed by atoms with Crippen molar-refractivity contribution < 1.29 is 13.2 Å². The van der Waals surface area contributed by atoms with Crippen molar-refractivity contribution in [1.29, 1.82) is 0 Å². The minimum absolute atomic E-state index is 0.0276. The highest BCUT2D eigenvalue weighted by atomic mass is 32.2. The van der Waals surface area contributed by atoms with Crippen LogP contribution in [0, 0.1) is 6.92 Å². The summed E-state index contributed by atoms with van der Waals surface area (Å²) < 4.78 is 27.5. The van der Waals surface area contributed by atoms with Crippen molar-refractivity contribution in [3.05, 3.63) is 41.5 Å². The van der Waals surface area contributed by atoms with E-state index in [0.717, 1.165) is 6.54 Å². The Balaban J connectivity index is 1.74. The fourth-order valence-electron chi connectivity index (χ4n) is 2.81. The maximum absolute atomic E-state index is 12.7. The van der Waals surface area contributed by atoms with Crippen molar-refractivity contribution in [3.63, 3.8) is 0 Å². The molecule has 0 spiro atoms. The first kappa shape index (κ1) is 18.5. The summed E-state index contributed by atoms with van der Waals surface area (Å²) in [6, 6.07) is 6.28. The Hall–Kier alpha value is -2.30. The van der Waals surface area contributed by atoms with Crippen LogP contribution < -0.4 is 10.0 Å². The number of H-pyrrole nitrogens is 1. The van der Waals surface area contributed by atoms with Crippen LogP contribution in [-0.4, -0.2) is 60.1 Å². The molecule has 0 radical (unpaired) electrons. The van der Waals surface area contributed by atoms with Gasteiger partial charge in [0.15, 0.2) is 5.82 Å². The maximum Gasteiger partial charge on any atom is 0.253 e. The van der Waals surface area contributed by atoms with Crippen molar-refractivity contribution in [2.75, 3.05) is 19.6 Å². The van der Waals surface area contributed by atoms with Crippen molar-refractivity contribution >= 4 is 15.9 Å². The zero-order chi connectivity index (χ0) is 18.7. The van der Waals surface area contributed by atoms with E-state index in [-0.39, 0.29) is 23.4 Å². The molecule has 1 aliphatic heterocycles. The van der Waals surface area contributed by atoms with Crippen LogP contribution in [0.2, 0.25) is 0 Å². The van der Waals surface area contributed by atoms with Crippen LogP contribution in [0.1, 0.15) is 28.9 Å². The molecule has 1 saturated heterocycles. The molecule has 1 aromatic heterocycles. The van der Waals surface area contributed by atoms with Crippen LogP contribution >= 0.6 is 0 Å². The topological polar surface area (TPSA) is 120 Å². The largest absolute Gasteiger partial charge is 0.336 e. The summed E-state index contributed by atoms with van der Waals surface area (Å²) in [4.78, 5) is 18.5. The second kappa shape index (κ2) is 7.52. The van der Waals surface area contributed by atoms with E-state index in [1.165, 1.54) is 12.1 Å². The Labute approximate surface area is 152 Å². The summed E-state index contributed by atoms with van der Waals surface area (Å²) >= 11 is 0. The number of nitrogens with one attached hydrogen (secondary N) is 3. The number of hydrogen-bond acceptors (Lipinski definition) is 6. The minimum Gasteiger partial charge on any atom is -0.336 e. The molecule has 3 rings (SSSR count). The third-order valence-corrected chi connectivity index (χ3v) is 5.51. The van der Waals surface area contributed by atoms with Crippen LogP contribution in [0.15, 0.2) is 29.2 Å². The Morgan fingerprint density at radius 1 is 1.42 bits per heavy atom. The van der Waals surface area contributed by atoms with Gasteiger partial charge in [0.25, 0.3) is 5.91 Å². The first-order valence-corrected chi connectivity index (χ1v) is 9.84. The number of aryl methyl sites for hydroxylation is 1. The number of aromatic amines is 1. The van der Waals surface area contributed by atoms with E-state index < -0.39 is 10.0 Å². The molecule has 0 bridgehead atoms. The van der Waals surface area contributed by atoms with Gasteiger partial charge in [-0.15, -0.1) is 0 Å². The average Bonchev–Trinajstić information content (AvgIpc) is 3.05. The Morgan fingerprint density at radius 2 is 2.23 bits per heavy atom. The van der Waals surface area contributed by atoms with Crippen LogP contribution in [0.3, 0.4) is 0 Å².